The Labute approximate surface area is 173 Å². The molecule has 152 valence electrons. The van der Waals surface area contributed by atoms with Gasteiger partial charge in [-0.05, 0) is 31.9 Å². The van der Waals surface area contributed by atoms with Gasteiger partial charge in [0.2, 0.25) is 0 Å². The van der Waals surface area contributed by atoms with Crippen molar-refractivity contribution in [3.63, 3.8) is 0 Å². The van der Waals surface area contributed by atoms with Crippen LogP contribution in [0.25, 0.3) is 0 Å². The van der Waals surface area contributed by atoms with E-state index in [0.29, 0.717) is 22.7 Å². The number of ether oxygens (including phenoxy) is 1. The number of amides is 2. The molecule has 0 spiro atoms. The summed E-state index contributed by atoms with van der Waals surface area (Å²) in [7, 11) is -3.22. The molecule has 0 aromatic heterocycles. The van der Waals surface area contributed by atoms with Crippen molar-refractivity contribution in [3.8, 4) is 0 Å². The topological polar surface area (TPSA) is 92.8 Å². The first kappa shape index (κ1) is 21.0. The van der Waals surface area contributed by atoms with Crippen LogP contribution in [0.15, 0.2) is 29.5 Å². The summed E-state index contributed by atoms with van der Waals surface area (Å²) >= 11 is 12.4. The number of carbonyl (C=O) groups excluding carboxylic acids is 2. The summed E-state index contributed by atoms with van der Waals surface area (Å²) in [6.45, 7) is 3.44. The molecule has 2 amide bonds. The summed E-state index contributed by atoms with van der Waals surface area (Å²) in [5, 5.41) is 3.28. The van der Waals surface area contributed by atoms with E-state index in [4.69, 9.17) is 27.9 Å². The number of carbonyl (C=O) groups is 2. The summed E-state index contributed by atoms with van der Waals surface area (Å²) in [5.41, 5.74) is 1.02. The van der Waals surface area contributed by atoms with E-state index in [1.54, 1.807) is 32.0 Å². The number of rotatable bonds is 4. The van der Waals surface area contributed by atoms with E-state index < -0.39 is 33.9 Å². The Hall–Kier alpha value is -1.77. The van der Waals surface area contributed by atoms with E-state index in [1.807, 2.05) is 0 Å². The van der Waals surface area contributed by atoms with Gasteiger partial charge >= 0.3 is 12.0 Å². The fourth-order valence-corrected chi connectivity index (χ4v) is 5.74. The number of halogens is 2. The third-order valence-electron chi connectivity index (χ3n) is 4.89. The van der Waals surface area contributed by atoms with Crippen molar-refractivity contribution in [1.29, 1.82) is 0 Å². The molecule has 2 aliphatic heterocycles. The van der Waals surface area contributed by atoms with Crippen LogP contribution < -0.4 is 5.32 Å². The second-order valence-corrected chi connectivity index (χ2v) is 9.69. The van der Waals surface area contributed by atoms with Gasteiger partial charge in [-0.25, -0.2) is 18.0 Å². The van der Waals surface area contributed by atoms with Gasteiger partial charge in [-0.2, -0.15) is 0 Å². The second-order valence-electron chi connectivity index (χ2n) is 6.67. The molecule has 1 N–H and O–H groups in total. The summed E-state index contributed by atoms with van der Waals surface area (Å²) < 4.78 is 29.0. The molecule has 1 saturated heterocycles. The van der Waals surface area contributed by atoms with Crippen molar-refractivity contribution < 1.29 is 22.7 Å². The molecule has 1 aromatic carbocycles. The first-order valence-corrected chi connectivity index (χ1v) is 11.4. The SMILES string of the molecule is CCOC(=O)C1=C(C)N([C@H]2CCS(=O)(=O)C2)C(=O)N[C@H]1c1cccc(Cl)c1Cl. The van der Waals surface area contributed by atoms with Crippen LogP contribution in [0.5, 0.6) is 0 Å². The maximum Gasteiger partial charge on any atom is 0.338 e. The number of benzene rings is 1. The third kappa shape index (κ3) is 3.86. The predicted molar refractivity (Wildman–Crippen MR) is 106 cm³/mol. The Morgan fingerprint density at radius 2 is 2.07 bits per heavy atom. The number of nitrogens with one attached hydrogen (secondary N) is 1. The highest BCUT2D eigenvalue weighted by molar-refractivity contribution is 7.91. The Morgan fingerprint density at radius 1 is 1.36 bits per heavy atom. The van der Waals surface area contributed by atoms with E-state index in [9.17, 15) is 18.0 Å². The van der Waals surface area contributed by atoms with Gasteiger partial charge in [-0.15, -0.1) is 0 Å². The smallest absolute Gasteiger partial charge is 0.338 e. The van der Waals surface area contributed by atoms with Gasteiger partial charge in [-0.1, -0.05) is 35.3 Å². The summed E-state index contributed by atoms with van der Waals surface area (Å²) in [5.74, 6) is -0.740. The third-order valence-corrected chi connectivity index (χ3v) is 7.47. The van der Waals surface area contributed by atoms with Crippen LogP contribution in [-0.2, 0) is 19.4 Å². The highest BCUT2D eigenvalue weighted by atomic mass is 35.5. The van der Waals surface area contributed by atoms with Crippen LogP contribution in [0.1, 0.15) is 31.9 Å². The first-order valence-electron chi connectivity index (χ1n) is 8.78. The molecular formula is C18H20Cl2N2O5S. The first-order chi connectivity index (χ1) is 13.2. The number of hydrogen-bond donors (Lipinski definition) is 1. The van der Waals surface area contributed by atoms with Crippen molar-refractivity contribution in [2.24, 2.45) is 0 Å². The number of allylic oxidation sites excluding steroid dienone is 1. The lowest BCUT2D eigenvalue weighted by molar-refractivity contribution is -0.139. The average molecular weight is 447 g/mol. The number of urea groups is 1. The minimum Gasteiger partial charge on any atom is -0.463 e. The summed E-state index contributed by atoms with van der Waals surface area (Å²) in [6, 6.07) is 3.06. The van der Waals surface area contributed by atoms with Gasteiger partial charge < -0.3 is 10.1 Å². The largest absolute Gasteiger partial charge is 0.463 e. The highest BCUT2D eigenvalue weighted by Gasteiger charge is 2.43. The maximum absolute atomic E-state index is 12.9. The lowest BCUT2D eigenvalue weighted by Crippen LogP contribution is -2.52. The van der Waals surface area contributed by atoms with Gasteiger partial charge in [0.25, 0.3) is 0 Å². The van der Waals surface area contributed by atoms with Crippen LogP contribution in [0, 0.1) is 0 Å². The van der Waals surface area contributed by atoms with E-state index in [0.717, 1.165) is 0 Å². The van der Waals surface area contributed by atoms with Gasteiger partial charge in [0, 0.05) is 5.70 Å². The highest BCUT2D eigenvalue weighted by Crippen LogP contribution is 2.38. The Morgan fingerprint density at radius 3 is 2.68 bits per heavy atom. The molecule has 28 heavy (non-hydrogen) atoms. The van der Waals surface area contributed by atoms with Crippen molar-refractivity contribution in [1.82, 2.24) is 10.2 Å². The van der Waals surface area contributed by atoms with E-state index in [1.165, 1.54) is 4.90 Å². The Bertz CT molecular complexity index is 961. The molecule has 7 nitrogen and oxygen atoms in total. The Kier molecular flexibility index (Phi) is 5.93. The fraction of sp³-hybridized carbons (Fsp3) is 0.444. The molecule has 0 aliphatic carbocycles. The lowest BCUT2D eigenvalue weighted by Gasteiger charge is -2.38. The van der Waals surface area contributed by atoms with Gasteiger partial charge in [0.1, 0.15) is 0 Å². The second kappa shape index (κ2) is 7.93. The van der Waals surface area contributed by atoms with Gasteiger partial charge in [0.05, 0.1) is 45.8 Å². The zero-order chi connectivity index (χ0) is 20.6. The van der Waals surface area contributed by atoms with Crippen molar-refractivity contribution in [2.45, 2.75) is 32.4 Å². The molecule has 1 aromatic rings. The number of hydrogen-bond acceptors (Lipinski definition) is 5. The van der Waals surface area contributed by atoms with Crippen molar-refractivity contribution in [2.75, 3.05) is 18.1 Å². The molecule has 2 aliphatic rings. The van der Waals surface area contributed by atoms with E-state index >= 15 is 0 Å². The normalized spacial score (nSPS) is 24.3. The zero-order valence-corrected chi connectivity index (χ0v) is 17.7. The quantitative estimate of drug-likeness (QED) is 0.717. The standard InChI is InChI=1S/C18H20Cl2N2O5S/c1-3-27-17(23)14-10(2)22(11-7-8-28(25,26)9-11)18(24)21-16(14)12-5-4-6-13(19)15(12)20/h4-6,11,16H,3,7-9H2,1-2H3,(H,21,24)/t11-,16-/m0/s1. The molecule has 2 atom stereocenters. The van der Waals surface area contributed by atoms with Crippen LogP contribution >= 0.6 is 23.2 Å². The predicted octanol–water partition coefficient (Wildman–Crippen LogP) is 3.08. The number of sulfone groups is 1. The molecule has 10 heteroatoms. The number of nitrogens with zero attached hydrogens (tertiary/aromatic N) is 1. The maximum atomic E-state index is 12.9. The van der Waals surface area contributed by atoms with Gasteiger partial charge in [0.15, 0.2) is 9.84 Å². The molecule has 2 heterocycles. The monoisotopic (exact) mass is 446 g/mol. The van der Waals surface area contributed by atoms with Crippen LogP contribution in [-0.4, -0.2) is 49.5 Å². The summed E-state index contributed by atoms with van der Waals surface area (Å²) in [4.78, 5) is 26.9. The molecule has 0 unspecified atom stereocenters. The zero-order valence-electron chi connectivity index (χ0n) is 15.4. The molecule has 0 bridgehead atoms. The minimum atomic E-state index is -3.22. The van der Waals surface area contributed by atoms with E-state index in [2.05, 4.69) is 5.32 Å². The molecule has 3 rings (SSSR count). The van der Waals surface area contributed by atoms with Crippen LogP contribution in [0.3, 0.4) is 0 Å². The minimum absolute atomic E-state index is 0.00696. The fourth-order valence-electron chi connectivity index (χ4n) is 3.63. The molecule has 1 fully saturated rings. The average Bonchev–Trinajstić information content (AvgIpc) is 2.96. The van der Waals surface area contributed by atoms with Crippen molar-refractivity contribution in [3.05, 3.63) is 45.1 Å². The van der Waals surface area contributed by atoms with Crippen molar-refractivity contribution >= 4 is 45.0 Å². The van der Waals surface area contributed by atoms with Crippen LogP contribution in [0.2, 0.25) is 10.0 Å². The van der Waals surface area contributed by atoms with E-state index in [-0.39, 0.29) is 28.7 Å². The Balaban J connectivity index is 2.11. The molecular weight excluding hydrogens is 427 g/mol. The molecule has 0 saturated carbocycles. The number of esters is 1. The molecule has 0 radical (unpaired) electrons. The van der Waals surface area contributed by atoms with Gasteiger partial charge in [-0.3, -0.25) is 4.90 Å². The summed E-state index contributed by atoms with van der Waals surface area (Å²) in [6.07, 6.45) is 0.311. The lowest BCUT2D eigenvalue weighted by atomic mass is 9.94. The van der Waals surface area contributed by atoms with Crippen LogP contribution in [0.4, 0.5) is 4.79 Å².